The third kappa shape index (κ3) is 8.70. The van der Waals surface area contributed by atoms with E-state index < -0.39 is 5.91 Å². The van der Waals surface area contributed by atoms with Gasteiger partial charge in [0.2, 0.25) is 0 Å². The van der Waals surface area contributed by atoms with Crippen molar-refractivity contribution in [1.29, 1.82) is 0 Å². The van der Waals surface area contributed by atoms with E-state index in [9.17, 15) is 9.90 Å². The van der Waals surface area contributed by atoms with Gasteiger partial charge in [0, 0.05) is 35.9 Å². The molecule has 0 aliphatic rings. The van der Waals surface area contributed by atoms with Crippen LogP contribution in [0, 0.1) is 0 Å². The molecule has 4 rings (SSSR count). The topological polar surface area (TPSA) is 103 Å². The molecule has 4 aromatic rings. The first-order chi connectivity index (χ1) is 21.8. The van der Waals surface area contributed by atoms with Crippen molar-refractivity contribution >= 4 is 39.4 Å². The monoisotopic (exact) mass is 607 g/mol. The maximum absolute atomic E-state index is 13.4. The third-order valence-electron chi connectivity index (χ3n) is 8.69. The zero-order valence-corrected chi connectivity index (χ0v) is 27.4. The molecule has 0 aromatic heterocycles. The number of phenolic OH excluding ortho intramolecular Hbond substituents is 1. The van der Waals surface area contributed by atoms with Crippen molar-refractivity contribution in [3.8, 4) is 5.75 Å². The second kappa shape index (κ2) is 16.2. The summed E-state index contributed by atoms with van der Waals surface area (Å²) >= 11 is 0. The Morgan fingerprint density at radius 1 is 0.867 bits per heavy atom. The number of nitrogens with two attached hydrogens (primary N) is 1. The summed E-state index contributed by atoms with van der Waals surface area (Å²) in [5.41, 5.74) is 10.1. The Balaban J connectivity index is 1.49. The minimum absolute atomic E-state index is 0.137. The second-order valence-corrected chi connectivity index (χ2v) is 12.0. The van der Waals surface area contributed by atoms with Crippen LogP contribution in [0.3, 0.4) is 0 Å². The number of anilines is 2. The summed E-state index contributed by atoms with van der Waals surface area (Å²) in [5.74, 6) is -0.626. The number of fused-ring (bicyclic) bond motifs is 1. The highest BCUT2D eigenvalue weighted by Gasteiger charge is 2.24. The van der Waals surface area contributed by atoms with Gasteiger partial charge in [-0.05, 0) is 72.7 Å². The number of amides is 1. The molecule has 1 atom stereocenters. The number of azo groups is 1. The Hall–Kier alpha value is -4.23. The average Bonchev–Trinajstić information content (AvgIpc) is 3.06. The highest BCUT2D eigenvalue weighted by atomic mass is 16.3. The summed E-state index contributed by atoms with van der Waals surface area (Å²) in [5, 5.41) is 24.6. The second-order valence-electron chi connectivity index (χ2n) is 12.0. The molecule has 1 unspecified atom stereocenters. The van der Waals surface area contributed by atoms with Crippen LogP contribution in [-0.2, 0) is 5.54 Å². The van der Waals surface area contributed by atoms with E-state index in [2.05, 4.69) is 48.3 Å². The largest absolute Gasteiger partial charge is 0.505 e. The SMILES string of the molecule is CCCCCCCCN(C)c1ccc(NC(=O)c2cc3ccccc3c(/N=N\c3ccc(C(N)(CC)CCC)cc3)c2O)cc1. The molecule has 1 amide bonds. The van der Waals surface area contributed by atoms with Crippen molar-refractivity contribution in [2.75, 3.05) is 23.8 Å². The van der Waals surface area contributed by atoms with E-state index >= 15 is 0 Å². The fourth-order valence-electron chi connectivity index (χ4n) is 5.79. The molecule has 0 fully saturated rings. The Bertz CT molecular complexity index is 1570. The van der Waals surface area contributed by atoms with Crippen LogP contribution >= 0.6 is 0 Å². The van der Waals surface area contributed by atoms with Gasteiger partial charge in [0.25, 0.3) is 5.91 Å². The molecular formula is C38H49N5O2. The highest BCUT2D eigenvalue weighted by Crippen LogP contribution is 2.40. The van der Waals surface area contributed by atoms with Gasteiger partial charge in [0.15, 0.2) is 5.75 Å². The Morgan fingerprint density at radius 2 is 1.56 bits per heavy atom. The zero-order chi connectivity index (χ0) is 32.2. The van der Waals surface area contributed by atoms with Gasteiger partial charge in [-0.3, -0.25) is 4.79 Å². The quantitative estimate of drug-likeness (QED) is 0.0870. The van der Waals surface area contributed by atoms with Crippen LogP contribution in [0.15, 0.2) is 89.1 Å². The molecule has 0 radical (unpaired) electrons. The van der Waals surface area contributed by atoms with Crippen molar-refractivity contribution in [3.05, 3.63) is 90.0 Å². The average molecular weight is 608 g/mol. The molecule has 45 heavy (non-hydrogen) atoms. The van der Waals surface area contributed by atoms with Crippen LogP contribution in [0.25, 0.3) is 10.8 Å². The van der Waals surface area contributed by atoms with E-state index in [0.29, 0.717) is 16.8 Å². The van der Waals surface area contributed by atoms with E-state index in [0.717, 1.165) is 48.9 Å². The number of hydrogen-bond donors (Lipinski definition) is 3. The first kappa shape index (κ1) is 33.7. The fraction of sp³-hybridized carbons (Fsp3) is 0.395. The van der Waals surface area contributed by atoms with E-state index in [-0.39, 0.29) is 22.5 Å². The Morgan fingerprint density at radius 3 is 2.24 bits per heavy atom. The number of unbranched alkanes of at least 4 members (excludes halogenated alkanes) is 5. The minimum atomic E-state index is -0.415. The van der Waals surface area contributed by atoms with Crippen LogP contribution in [0.4, 0.5) is 22.7 Å². The molecule has 0 heterocycles. The lowest BCUT2D eigenvalue weighted by Gasteiger charge is -2.28. The molecule has 0 spiro atoms. The molecule has 0 bridgehead atoms. The Kier molecular flexibility index (Phi) is 12.1. The van der Waals surface area contributed by atoms with Crippen LogP contribution < -0.4 is 16.0 Å². The number of hydrogen-bond acceptors (Lipinski definition) is 6. The number of benzene rings is 4. The van der Waals surface area contributed by atoms with Crippen molar-refractivity contribution in [2.24, 2.45) is 16.0 Å². The van der Waals surface area contributed by atoms with Gasteiger partial charge in [0.05, 0.1) is 11.3 Å². The van der Waals surface area contributed by atoms with Gasteiger partial charge in [-0.1, -0.05) is 95.7 Å². The number of carbonyl (C=O) groups is 1. The lowest BCUT2D eigenvalue weighted by atomic mass is 9.84. The number of phenols is 1. The summed E-state index contributed by atoms with van der Waals surface area (Å²) in [4.78, 5) is 15.7. The standard InChI is InChI=1S/C38H49N5O2/c1-5-8-9-10-11-14-26-43(4)32-23-21-30(22-24-32)40-37(45)34-27-28-15-12-13-16-33(28)35(36(34)44)42-41-31-19-17-29(18-20-31)38(39,7-3)25-6-2/h12-13,15-24,27,44H,5-11,14,25-26,39H2,1-4H3,(H,40,45)/b42-41-. The number of nitrogens with one attached hydrogen (secondary N) is 1. The normalized spacial score (nSPS) is 12.8. The van der Waals surface area contributed by atoms with Gasteiger partial charge >= 0.3 is 0 Å². The molecule has 4 N–H and O–H groups in total. The summed E-state index contributed by atoms with van der Waals surface area (Å²) in [6.07, 6.45) is 10.3. The zero-order valence-electron chi connectivity index (χ0n) is 27.4. The van der Waals surface area contributed by atoms with Crippen molar-refractivity contribution < 1.29 is 9.90 Å². The minimum Gasteiger partial charge on any atom is -0.505 e. The predicted molar refractivity (Wildman–Crippen MR) is 188 cm³/mol. The molecular weight excluding hydrogens is 558 g/mol. The molecule has 0 aliphatic carbocycles. The summed E-state index contributed by atoms with van der Waals surface area (Å²) in [6.45, 7) is 7.47. The molecule has 0 saturated carbocycles. The number of carbonyl (C=O) groups excluding carboxylic acids is 1. The van der Waals surface area contributed by atoms with E-state index in [4.69, 9.17) is 5.73 Å². The summed E-state index contributed by atoms with van der Waals surface area (Å²) < 4.78 is 0. The number of aromatic hydroxyl groups is 1. The predicted octanol–water partition coefficient (Wildman–Crippen LogP) is 10.4. The van der Waals surface area contributed by atoms with Gasteiger partial charge < -0.3 is 21.1 Å². The highest BCUT2D eigenvalue weighted by molar-refractivity contribution is 6.11. The smallest absolute Gasteiger partial charge is 0.259 e. The van der Waals surface area contributed by atoms with Crippen molar-refractivity contribution in [2.45, 2.75) is 84.1 Å². The molecule has 0 aliphatic heterocycles. The van der Waals surface area contributed by atoms with Crippen LogP contribution in [0.1, 0.15) is 94.5 Å². The van der Waals surface area contributed by atoms with Crippen molar-refractivity contribution in [1.82, 2.24) is 0 Å². The first-order valence-electron chi connectivity index (χ1n) is 16.5. The van der Waals surface area contributed by atoms with E-state index in [1.165, 1.54) is 32.1 Å². The van der Waals surface area contributed by atoms with Crippen molar-refractivity contribution in [3.63, 3.8) is 0 Å². The van der Waals surface area contributed by atoms with E-state index in [1.807, 2.05) is 72.8 Å². The van der Waals surface area contributed by atoms with Crippen LogP contribution in [0.2, 0.25) is 0 Å². The van der Waals surface area contributed by atoms with Gasteiger partial charge in [-0.15, -0.1) is 5.11 Å². The van der Waals surface area contributed by atoms with Gasteiger partial charge in [-0.25, -0.2) is 0 Å². The van der Waals surface area contributed by atoms with Crippen LogP contribution in [-0.4, -0.2) is 24.6 Å². The molecule has 7 nitrogen and oxygen atoms in total. The van der Waals surface area contributed by atoms with E-state index in [1.54, 1.807) is 6.07 Å². The lowest BCUT2D eigenvalue weighted by molar-refractivity contribution is 0.102. The molecule has 7 heteroatoms. The number of nitrogens with zero attached hydrogens (tertiary/aromatic N) is 3. The lowest BCUT2D eigenvalue weighted by Crippen LogP contribution is -2.35. The van der Waals surface area contributed by atoms with Gasteiger partial charge in [0.1, 0.15) is 5.69 Å². The molecule has 238 valence electrons. The van der Waals surface area contributed by atoms with Gasteiger partial charge in [-0.2, -0.15) is 5.11 Å². The molecule has 0 saturated heterocycles. The third-order valence-corrected chi connectivity index (χ3v) is 8.69. The first-order valence-corrected chi connectivity index (χ1v) is 16.5. The maximum atomic E-state index is 13.4. The fourth-order valence-corrected chi connectivity index (χ4v) is 5.79. The summed E-state index contributed by atoms with van der Waals surface area (Å²) in [6, 6.07) is 24.8. The molecule has 4 aromatic carbocycles. The Labute approximate surface area is 268 Å². The number of rotatable bonds is 16. The maximum Gasteiger partial charge on any atom is 0.259 e. The van der Waals surface area contributed by atoms with Crippen LogP contribution in [0.5, 0.6) is 5.75 Å². The summed E-state index contributed by atoms with van der Waals surface area (Å²) in [7, 11) is 2.10.